The van der Waals surface area contributed by atoms with Crippen molar-refractivity contribution >= 4 is 17.9 Å². The molecule has 8 nitrogen and oxygen atoms in total. The van der Waals surface area contributed by atoms with Crippen LogP contribution in [0.4, 0.5) is 0 Å². The zero-order chi connectivity index (χ0) is 11.4. The van der Waals surface area contributed by atoms with E-state index in [9.17, 15) is 4.79 Å². The Morgan fingerprint density at radius 3 is 1.07 bits per heavy atom. The van der Waals surface area contributed by atoms with E-state index in [1.807, 2.05) is 0 Å². The van der Waals surface area contributed by atoms with Crippen molar-refractivity contribution in [1.29, 1.82) is 0 Å². The zero-order valence-corrected chi connectivity index (χ0v) is 8.06. The summed E-state index contributed by atoms with van der Waals surface area (Å²) in [4.78, 5) is 27.2. The fourth-order valence-electron chi connectivity index (χ4n) is 0. The van der Waals surface area contributed by atoms with Crippen molar-refractivity contribution in [3.05, 3.63) is 0 Å². The van der Waals surface area contributed by atoms with E-state index < -0.39 is 17.9 Å². The Labute approximate surface area is 80.9 Å². The molecule has 0 saturated carbocycles. The van der Waals surface area contributed by atoms with Gasteiger partial charge in [0.25, 0.3) is 11.9 Å². The molecule has 0 atom stereocenters. The second-order valence-corrected chi connectivity index (χ2v) is 1.64. The lowest BCUT2D eigenvalue weighted by Crippen LogP contribution is -2.10. The van der Waals surface area contributed by atoms with Crippen LogP contribution in [-0.4, -0.2) is 39.8 Å². The quantitative estimate of drug-likeness (QED) is 0.382. The molecule has 0 bridgehead atoms. The van der Waals surface area contributed by atoms with Crippen LogP contribution in [0.5, 0.6) is 0 Å². The lowest BCUT2D eigenvalue weighted by molar-refractivity contribution is -0.136. The van der Waals surface area contributed by atoms with Gasteiger partial charge in [-0.2, -0.15) is 0 Å². The van der Waals surface area contributed by atoms with Crippen LogP contribution in [0.2, 0.25) is 0 Å². The lowest BCUT2D eigenvalue weighted by Gasteiger charge is -1.73. The lowest BCUT2D eigenvalue weighted by atomic mass is 10.7. The molecule has 0 aromatic heterocycles. The molecule has 86 valence electrons. The number of rotatable bonds is 1. The van der Waals surface area contributed by atoms with Gasteiger partial charge in [0.2, 0.25) is 0 Å². The molecule has 0 saturated heterocycles. The molecule has 14 heavy (non-hydrogen) atoms. The number of hydrogen-bond acceptors (Lipinski definition) is 5. The third-order valence-corrected chi connectivity index (χ3v) is 0.175. The summed E-state index contributed by atoms with van der Waals surface area (Å²) in [5.41, 5.74) is 4.57. The molecule has 0 fully saturated rings. The van der Waals surface area contributed by atoms with E-state index in [4.69, 9.17) is 24.9 Å². The molecule has 0 unspecified atom stereocenters. The Balaban J connectivity index is -0.0000000522. The Hall–Kier alpha value is -1.67. The average Bonchev–Trinajstić information content (AvgIpc) is 1.84. The minimum atomic E-state index is -0.968. The standard InChI is InChI=1S/C2H5NO2.2C2H4O2.H3N/c3-1-2(4)5;2*1-2(3)4;/h1,3H2,(H,4,5);2*1H3,(H,3,4);1H3. The maximum absolute atomic E-state index is 9.24. The van der Waals surface area contributed by atoms with E-state index in [1.165, 1.54) is 0 Å². The largest absolute Gasteiger partial charge is 0.481 e. The molecule has 0 heterocycles. The van der Waals surface area contributed by atoms with Gasteiger partial charge in [-0.25, -0.2) is 0 Å². The third kappa shape index (κ3) is 8260. The van der Waals surface area contributed by atoms with Gasteiger partial charge in [-0.3, -0.25) is 14.4 Å². The van der Waals surface area contributed by atoms with Gasteiger partial charge in [-0.1, -0.05) is 0 Å². The van der Waals surface area contributed by atoms with Crippen molar-refractivity contribution in [2.24, 2.45) is 5.73 Å². The van der Waals surface area contributed by atoms with Crippen LogP contribution in [0.1, 0.15) is 13.8 Å². The Morgan fingerprint density at radius 2 is 1.07 bits per heavy atom. The number of carbonyl (C=O) groups is 3. The molecule has 0 aliphatic carbocycles. The van der Waals surface area contributed by atoms with Crippen LogP contribution in [0.25, 0.3) is 0 Å². The Bertz CT molecular complexity index is 150. The van der Waals surface area contributed by atoms with Gasteiger partial charge in [0, 0.05) is 13.8 Å². The van der Waals surface area contributed by atoms with Crippen LogP contribution in [0.15, 0.2) is 0 Å². The van der Waals surface area contributed by atoms with Crippen molar-refractivity contribution in [2.45, 2.75) is 13.8 Å². The van der Waals surface area contributed by atoms with Gasteiger partial charge in [0.1, 0.15) is 0 Å². The summed E-state index contributed by atoms with van der Waals surface area (Å²) in [6.07, 6.45) is 0. The van der Waals surface area contributed by atoms with E-state index in [2.05, 4.69) is 5.73 Å². The molecule has 0 rings (SSSR count). The van der Waals surface area contributed by atoms with Crippen LogP contribution >= 0.6 is 0 Å². The van der Waals surface area contributed by atoms with Crippen molar-refractivity contribution in [3.8, 4) is 0 Å². The van der Waals surface area contributed by atoms with E-state index in [0.29, 0.717) is 0 Å². The molecule has 0 amide bonds. The van der Waals surface area contributed by atoms with Gasteiger partial charge >= 0.3 is 5.97 Å². The molecular weight excluding hydrogens is 196 g/mol. The summed E-state index contributed by atoms with van der Waals surface area (Å²) in [5, 5.41) is 22.4. The normalized spacial score (nSPS) is 6.21. The van der Waals surface area contributed by atoms with Crippen molar-refractivity contribution in [3.63, 3.8) is 0 Å². The fourth-order valence-corrected chi connectivity index (χ4v) is 0. The Morgan fingerprint density at radius 1 is 1.00 bits per heavy atom. The molecule has 0 radical (unpaired) electrons. The second-order valence-electron chi connectivity index (χ2n) is 1.64. The van der Waals surface area contributed by atoms with Crippen LogP contribution in [0.3, 0.4) is 0 Å². The van der Waals surface area contributed by atoms with E-state index >= 15 is 0 Å². The number of aliphatic carboxylic acids is 3. The zero-order valence-electron chi connectivity index (χ0n) is 8.06. The van der Waals surface area contributed by atoms with Crippen molar-refractivity contribution < 1.29 is 29.7 Å². The molecule has 0 spiro atoms. The molecule has 8 N–H and O–H groups in total. The molecule has 0 aliphatic heterocycles. The number of hydrogen-bond donors (Lipinski definition) is 5. The van der Waals surface area contributed by atoms with Crippen LogP contribution < -0.4 is 11.9 Å². The average molecular weight is 212 g/mol. The first-order chi connectivity index (χ1) is 5.73. The minimum Gasteiger partial charge on any atom is -0.481 e. The maximum atomic E-state index is 9.24. The topological polar surface area (TPSA) is 173 Å². The minimum absolute atomic E-state index is 0. The first kappa shape index (κ1) is 22.8. The summed E-state index contributed by atoms with van der Waals surface area (Å²) >= 11 is 0. The first-order valence-electron chi connectivity index (χ1n) is 3.04. The SMILES string of the molecule is CC(=O)O.CC(=O)O.N.NCC(=O)O. The third-order valence-electron chi connectivity index (χ3n) is 0.175. The highest BCUT2D eigenvalue weighted by molar-refractivity contribution is 5.68. The highest BCUT2D eigenvalue weighted by Gasteiger charge is 1.81. The molecular formula is C6H16N2O6. The maximum Gasteiger partial charge on any atom is 0.317 e. The molecule has 0 aromatic rings. The van der Waals surface area contributed by atoms with Crippen molar-refractivity contribution in [1.82, 2.24) is 6.15 Å². The van der Waals surface area contributed by atoms with Gasteiger partial charge < -0.3 is 27.2 Å². The summed E-state index contributed by atoms with van der Waals surface area (Å²) in [7, 11) is 0. The van der Waals surface area contributed by atoms with Crippen molar-refractivity contribution in [2.75, 3.05) is 6.54 Å². The van der Waals surface area contributed by atoms with E-state index in [-0.39, 0.29) is 12.7 Å². The summed E-state index contributed by atoms with van der Waals surface area (Å²) in [5.74, 6) is -2.63. The Kier molecular flexibility index (Phi) is 28.4. The van der Waals surface area contributed by atoms with Gasteiger partial charge in [-0.15, -0.1) is 0 Å². The molecule has 8 heteroatoms. The first-order valence-corrected chi connectivity index (χ1v) is 3.04. The van der Waals surface area contributed by atoms with Crippen LogP contribution in [-0.2, 0) is 14.4 Å². The molecule has 0 aromatic carbocycles. The molecule has 0 aliphatic rings. The smallest absolute Gasteiger partial charge is 0.317 e. The van der Waals surface area contributed by atoms with Gasteiger partial charge in [0.05, 0.1) is 6.54 Å². The van der Waals surface area contributed by atoms with Crippen LogP contribution in [0, 0.1) is 0 Å². The van der Waals surface area contributed by atoms with Gasteiger partial charge in [-0.05, 0) is 0 Å². The second kappa shape index (κ2) is 17.4. The monoisotopic (exact) mass is 212 g/mol. The van der Waals surface area contributed by atoms with E-state index in [1.54, 1.807) is 0 Å². The predicted octanol–water partition coefficient (Wildman–Crippen LogP) is -0.626. The van der Waals surface area contributed by atoms with Gasteiger partial charge in [0.15, 0.2) is 0 Å². The number of carboxylic acids is 3. The summed E-state index contributed by atoms with van der Waals surface area (Å²) in [6.45, 7) is 1.89. The predicted molar refractivity (Wildman–Crippen MR) is 48.3 cm³/mol. The highest BCUT2D eigenvalue weighted by atomic mass is 16.4. The number of carboxylic acid groups (broad SMARTS) is 3. The highest BCUT2D eigenvalue weighted by Crippen LogP contribution is 1.44. The number of nitrogens with two attached hydrogens (primary N) is 1. The fraction of sp³-hybridized carbons (Fsp3) is 0.500. The van der Waals surface area contributed by atoms with E-state index in [0.717, 1.165) is 13.8 Å². The summed E-state index contributed by atoms with van der Waals surface area (Å²) < 4.78 is 0. The summed E-state index contributed by atoms with van der Waals surface area (Å²) in [6, 6.07) is 0.